The van der Waals surface area contributed by atoms with E-state index in [1.807, 2.05) is 6.92 Å². The molecule has 0 atom stereocenters. The molecular formula is C13H18N4O3. The maximum Gasteiger partial charge on any atom is 0.288 e. The second-order valence-electron chi connectivity index (χ2n) is 5.37. The third kappa shape index (κ3) is 3.23. The van der Waals surface area contributed by atoms with E-state index in [1.165, 1.54) is 6.07 Å². The molecular weight excluding hydrogens is 260 g/mol. The van der Waals surface area contributed by atoms with Crippen molar-refractivity contribution in [2.24, 2.45) is 5.41 Å². The van der Waals surface area contributed by atoms with E-state index in [1.54, 1.807) is 0 Å². The third-order valence-electron chi connectivity index (χ3n) is 3.45. The molecule has 0 aromatic carbocycles. The van der Waals surface area contributed by atoms with E-state index in [0.29, 0.717) is 18.9 Å². The summed E-state index contributed by atoms with van der Waals surface area (Å²) in [5.41, 5.74) is 0.210. The van der Waals surface area contributed by atoms with Gasteiger partial charge in [-0.25, -0.2) is 4.98 Å². The Morgan fingerprint density at radius 2 is 2.25 bits per heavy atom. The Morgan fingerprint density at radius 1 is 1.55 bits per heavy atom. The Hall–Kier alpha value is -2.18. The van der Waals surface area contributed by atoms with Gasteiger partial charge in [0.2, 0.25) is 0 Å². The van der Waals surface area contributed by atoms with E-state index in [9.17, 15) is 14.9 Å². The number of rotatable bonds is 6. The van der Waals surface area contributed by atoms with Crippen LogP contribution in [0.5, 0.6) is 0 Å². The van der Waals surface area contributed by atoms with Crippen LogP contribution in [0, 0.1) is 15.5 Å². The molecule has 1 aliphatic carbocycles. The predicted molar refractivity (Wildman–Crippen MR) is 74.7 cm³/mol. The molecule has 0 bridgehead atoms. The Bertz CT molecular complexity index is 540. The normalized spacial score (nSPS) is 15.5. The van der Waals surface area contributed by atoms with E-state index >= 15 is 0 Å². The highest BCUT2D eigenvalue weighted by atomic mass is 16.6. The number of hydrogen-bond donors (Lipinski definition) is 2. The van der Waals surface area contributed by atoms with Gasteiger partial charge in [0.05, 0.1) is 10.5 Å². The van der Waals surface area contributed by atoms with Crippen LogP contribution in [0.2, 0.25) is 0 Å². The van der Waals surface area contributed by atoms with Crippen LogP contribution in [0.1, 0.15) is 37.0 Å². The lowest BCUT2D eigenvalue weighted by Crippen LogP contribution is -2.30. The van der Waals surface area contributed by atoms with Gasteiger partial charge in [0.25, 0.3) is 11.6 Å². The monoisotopic (exact) mass is 278 g/mol. The average molecular weight is 278 g/mol. The van der Waals surface area contributed by atoms with Crippen LogP contribution in [0.25, 0.3) is 0 Å². The zero-order chi connectivity index (χ0) is 14.8. The Labute approximate surface area is 116 Å². The lowest BCUT2D eigenvalue weighted by Gasteiger charge is -2.12. The van der Waals surface area contributed by atoms with Crippen molar-refractivity contribution in [2.75, 3.05) is 18.4 Å². The van der Waals surface area contributed by atoms with Crippen molar-refractivity contribution in [1.82, 2.24) is 10.3 Å². The second-order valence-corrected chi connectivity index (χ2v) is 5.37. The first-order valence-electron chi connectivity index (χ1n) is 6.62. The predicted octanol–water partition coefficient (Wildman–Crippen LogP) is 1.95. The zero-order valence-corrected chi connectivity index (χ0v) is 11.6. The van der Waals surface area contributed by atoms with Crippen molar-refractivity contribution in [1.29, 1.82) is 0 Å². The minimum Gasteiger partial charge on any atom is -0.370 e. The van der Waals surface area contributed by atoms with Gasteiger partial charge in [-0.1, -0.05) is 6.92 Å². The van der Waals surface area contributed by atoms with Crippen molar-refractivity contribution in [3.63, 3.8) is 0 Å². The minimum absolute atomic E-state index is 0.183. The highest BCUT2D eigenvalue weighted by Gasteiger charge is 2.37. The van der Waals surface area contributed by atoms with Crippen molar-refractivity contribution >= 4 is 17.4 Å². The summed E-state index contributed by atoms with van der Waals surface area (Å²) in [6.45, 7) is 5.14. The van der Waals surface area contributed by atoms with Gasteiger partial charge in [0.1, 0.15) is 12.0 Å². The first-order chi connectivity index (χ1) is 9.45. The standard InChI is InChI=1S/C13H18N4O3/c1-3-14-11-10(6-9(7-15-11)17(19)20)12(18)16-8-13(2)4-5-13/h6-7H,3-5,8H2,1-2H3,(H,14,15)(H,16,18). The number of nitrogens with one attached hydrogen (secondary N) is 2. The molecule has 1 aromatic heterocycles. The summed E-state index contributed by atoms with van der Waals surface area (Å²) in [7, 11) is 0. The van der Waals surface area contributed by atoms with E-state index in [4.69, 9.17) is 0 Å². The smallest absolute Gasteiger partial charge is 0.288 e. The summed E-state index contributed by atoms with van der Waals surface area (Å²) in [5.74, 6) is 0.0434. The summed E-state index contributed by atoms with van der Waals surface area (Å²) in [6, 6.07) is 1.26. The van der Waals surface area contributed by atoms with Crippen molar-refractivity contribution in [3.05, 3.63) is 27.9 Å². The van der Waals surface area contributed by atoms with Gasteiger partial charge < -0.3 is 10.6 Å². The molecule has 0 unspecified atom stereocenters. The maximum atomic E-state index is 12.2. The molecule has 1 aliphatic rings. The number of anilines is 1. The van der Waals surface area contributed by atoms with Crippen LogP contribution in [-0.4, -0.2) is 28.9 Å². The molecule has 1 saturated carbocycles. The fraction of sp³-hybridized carbons (Fsp3) is 0.538. The minimum atomic E-state index is -0.554. The average Bonchev–Trinajstić information content (AvgIpc) is 3.15. The number of aromatic nitrogens is 1. The van der Waals surface area contributed by atoms with Gasteiger partial charge in [-0.3, -0.25) is 14.9 Å². The largest absolute Gasteiger partial charge is 0.370 e. The summed E-state index contributed by atoms with van der Waals surface area (Å²) in [6.07, 6.45) is 3.35. The summed E-state index contributed by atoms with van der Waals surface area (Å²) in [4.78, 5) is 26.4. The molecule has 1 fully saturated rings. The lowest BCUT2D eigenvalue weighted by molar-refractivity contribution is -0.385. The molecule has 1 aromatic rings. The third-order valence-corrected chi connectivity index (χ3v) is 3.45. The molecule has 0 spiro atoms. The van der Waals surface area contributed by atoms with Crippen LogP contribution in [-0.2, 0) is 0 Å². The van der Waals surface area contributed by atoms with Crippen LogP contribution >= 0.6 is 0 Å². The Balaban J connectivity index is 2.19. The number of carbonyl (C=O) groups is 1. The van der Waals surface area contributed by atoms with Crippen LogP contribution in [0.15, 0.2) is 12.3 Å². The first kappa shape index (κ1) is 14.2. The highest BCUT2D eigenvalue weighted by Crippen LogP contribution is 2.44. The molecule has 7 heteroatoms. The summed E-state index contributed by atoms with van der Waals surface area (Å²) < 4.78 is 0. The first-order valence-corrected chi connectivity index (χ1v) is 6.62. The van der Waals surface area contributed by atoms with Crippen molar-refractivity contribution in [2.45, 2.75) is 26.7 Å². The number of nitrogens with zero attached hydrogens (tertiary/aromatic N) is 2. The molecule has 0 radical (unpaired) electrons. The molecule has 7 nitrogen and oxygen atoms in total. The summed E-state index contributed by atoms with van der Waals surface area (Å²) >= 11 is 0. The van der Waals surface area contributed by atoms with Gasteiger partial charge in [0.15, 0.2) is 0 Å². The fourth-order valence-electron chi connectivity index (χ4n) is 1.81. The van der Waals surface area contributed by atoms with Gasteiger partial charge in [0, 0.05) is 19.2 Å². The number of nitro groups is 1. The molecule has 20 heavy (non-hydrogen) atoms. The van der Waals surface area contributed by atoms with Crippen molar-refractivity contribution < 1.29 is 9.72 Å². The van der Waals surface area contributed by atoms with E-state index < -0.39 is 4.92 Å². The quantitative estimate of drug-likeness (QED) is 0.612. The maximum absolute atomic E-state index is 12.2. The molecule has 2 rings (SSSR count). The van der Waals surface area contributed by atoms with Gasteiger partial charge in [-0.15, -0.1) is 0 Å². The number of carbonyl (C=O) groups excluding carboxylic acids is 1. The number of amides is 1. The van der Waals surface area contributed by atoms with E-state index in [2.05, 4.69) is 22.5 Å². The molecule has 1 amide bonds. The lowest BCUT2D eigenvalue weighted by atomic mass is 10.1. The van der Waals surface area contributed by atoms with Crippen LogP contribution in [0.3, 0.4) is 0 Å². The summed E-state index contributed by atoms with van der Waals surface area (Å²) in [5, 5.41) is 16.6. The topological polar surface area (TPSA) is 97.2 Å². The molecule has 108 valence electrons. The highest BCUT2D eigenvalue weighted by molar-refractivity contribution is 5.99. The molecule has 2 N–H and O–H groups in total. The van der Waals surface area contributed by atoms with E-state index in [0.717, 1.165) is 19.0 Å². The molecule has 1 heterocycles. The molecule has 0 saturated heterocycles. The van der Waals surface area contributed by atoms with Crippen molar-refractivity contribution in [3.8, 4) is 0 Å². The van der Waals surface area contributed by atoms with Gasteiger partial charge >= 0.3 is 0 Å². The number of pyridine rings is 1. The Kier molecular flexibility index (Phi) is 3.87. The molecule has 0 aliphatic heterocycles. The van der Waals surface area contributed by atoms with Gasteiger partial charge in [-0.2, -0.15) is 0 Å². The van der Waals surface area contributed by atoms with Crippen LogP contribution < -0.4 is 10.6 Å². The fourth-order valence-corrected chi connectivity index (χ4v) is 1.81. The van der Waals surface area contributed by atoms with Gasteiger partial charge in [-0.05, 0) is 25.2 Å². The van der Waals surface area contributed by atoms with Crippen LogP contribution in [0.4, 0.5) is 11.5 Å². The second kappa shape index (κ2) is 5.44. The SMILES string of the molecule is CCNc1ncc([N+](=O)[O-])cc1C(=O)NCC1(C)CC1. The Morgan fingerprint density at radius 3 is 2.80 bits per heavy atom. The number of hydrogen-bond acceptors (Lipinski definition) is 5. The van der Waals surface area contributed by atoms with E-state index in [-0.39, 0.29) is 22.6 Å². The zero-order valence-electron chi connectivity index (χ0n) is 11.6.